The van der Waals surface area contributed by atoms with Crippen molar-refractivity contribution in [2.24, 2.45) is 0 Å². The van der Waals surface area contributed by atoms with Gasteiger partial charge in [0, 0.05) is 7.05 Å². The van der Waals surface area contributed by atoms with Crippen LogP contribution in [-0.2, 0) is 0 Å². The molecule has 11 heavy (non-hydrogen) atoms. The standard InChI is InChI=1S/C7H8N2O2/c1-8-7(11)6-3-2-5(10)4-9-6/h2-4,10H,1H3,(H,8,11). The molecule has 0 unspecified atom stereocenters. The Labute approximate surface area is 63.9 Å². The van der Waals surface area contributed by atoms with Crippen molar-refractivity contribution in [2.75, 3.05) is 7.05 Å². The number of rotatable bonds is 1. The van der Waals surface area contributed by atoms with E-state index in [0.717, 1.165) is 0 Å². The van der Waals surface area contributed by atoms with E-state index in [2.05, 4.69) is 10.3 Å². The first-order chi connectivity index (χ1) is 5.24. The molecule has 1 aromatic rings. The fourth-order valence-corrected chi connectivity index (χ4v) is 0.648. The van der Waals surface area contributed by atoms with E-state index in [1.54, 1.807) is 0 Å². The predicted molar refractivity (Wildman–Crippen MR) is 39.3 cm³/mol. The van der Waals surface area contributed by atoms with Crippen molar-refractivity contribution in [1.82, 2.24) is 10.3 Å². The summed E-state index contributed by atoms with van der Waals surface area (Å²) < 4.78 is 0. The van der Waals surface area contributed by atoms with E-state index in [0.29, 0.717) is 5.69 Å². The van der Waals surface area contributed by atoms with E-state index in [1.165, 1.54) is 25.4 Å². The summed E-state index contributed by atoms with van der Waals surface area (Å²) in [6, 6.07) is 2.87. The van der Waals surface area contributed by atoms with Crippen LogP contribution >= 0.6 is 0 Å². The van der Waals surface area contributed by atoms with E-state index in [9.17, 15) is 4.79 Å². The first-order valence-corrected chi connectivity index (χ1v) is 3.11. The quantitative estimate of drug-likeness (QED) is 0.602. The molecule has 0 bridgehead atoms. The Kier molecular flexibility index (Phi) is 2.06. The third-order valence-electron chi connectivity index (χ3n) is 1.21. The Balaban J connectivity index is 2.90. The van der Waals surface area contributed by atoms with E-state index in [1.807, 2.05) is 0 Å². The number of hydrogen-bond acceptors (Lipinski definition) is 3. The summed E-state index contributed by atoms with van der Waals surface area (Å²) in [5, 5.41) is 11.2. The monoisotopic (exact) mass is 152 g/mol. The molecule has 1 rings (SSSR count). The zero-order chi connectivity index (χ0) is 8.27. The molecule has 2 N–H and O–H groups in total. The molecular weight excluding hydrogens is 144 g/mol. The number of nitrogens with zero attached hydrogens (tertiary/aromatic N) is 1. The minimum atomic E-state index is -0.259. The van der Waals surface area contributed by atoms with E-state index in [-0.39, 0.29) is 11.7 Å². The van der Waals surface area contributed by atoms with Crippen molar-refractivity contribution in [2.45, 2.75) is 0 Å². The highest BCUT2D eigenvalue weighted by Crippen LogP contribution is 2.05. The number of carbonyl (C=O) groups excluding carboxylic acids is 1. The maximum Gasteiger partial charge on any atom is 0.269 e. The van der Waals surface area contributed by atoms with Crippen LogP contribution in [-0.4, -0.2) is 23.0 Å². The molecule has 0 aliphatic carbocycles. The molecule has 0 spiro atoms. The van der Waals surface area contributed by atoms with Crippen LogP contribution in [0.2, 0.25) is 0 Å². The van der Waals surface area contributed by atoms with Gasteiger partial charge in [-0.2, -0.15) is 0 Å². The molecule has 1 aromatic heterocycles. The summed E-state index contributed by atoms with van der Waals surface area (Å²) in [5.41, 5.74) is 0.297. The second-order valence-corrected chi connectivity index (χ2v) is 1.98. The van der Waals surface area contributed by atoms with Gasteiger partial charge < -0.3 is 10.4 Å². The first kappa shape index (κ1) is 7.53. The molecule has 0 fully saturated rings. The minimum absolute atomic E-state index is 0.0534. The lowest BCUT2D eigenvalue weighted by Gasteiger charge is -1.96. The van der Waals surface area contributed by atoms with Gasteiger partial charge in [0.25, 0.3) is 5.91 Å². The fourth-order valence-electron chi connectivity index (χ4n) is 0.648. The van der Waals surface area contributed by atoms with Gasteiger partial charge in [0.05, 0.1) is 6.20 Å². The molecule has 58 valence electrons. The van der Waals surface area contributed by atoms with E-state index < -0.39 is 0 Å². The van der Waals surface area contributed by atoms with Crippen LogP contribution in [0, 0.1) is 0 Å². The fraction of sp³-hybridized carbons (Fsp3) is 0.143. The highest BCUT2D eigenvalue weighted by Gasteiger charge is 2.02. The van der Waals surface area contributed by atoms with Crippen molar-refractivity contribution < 1.29 is 9.90 Å². The molecule has 4 heteroatoms. The van der Waals surface area contributed by atoms with Gasteiger partial charge in [-0.25, -0.2) is 4.98 Å². The number of hydrogen-bond donors (Lipinski definition) is 2. The molecule has 0 saturated heterocycles. The van der Waals surface area contributed by atoms with Crippen molar-refractivity contribution in [1.29, 1.82) is 0 Å². The normalized spacial score (nSPS) is 9.18. The van der Waals surface area contributed by atoms with Crippen LogP contribution in [0.4, 0.5) is 0 Å². The Morgan fingerprint density at radius 3 is 2.82 bits per heavy atom. The highest BCUT2D eigenvalue weighted by atomic mass is 16.3. The third-order valence-corrected chi connectivity index (χ3v) is 1.21. The molecule has 0 aliphatic rings. The maximum absolute atomic E-state index is 10.9. The largest absolute Gasteiger partial charge is 0.506 e. The lowest BCUT2D eigenvalue weighted by atomic mass is 10.3. The Morgan fingerprint density at radius 1 is 1.64 bits per heavy atom. The molecule has 4 nitrogen and oxygen atoms in total. The number of nitrogens with one attached hydrogen (secondary N) is 1. The Hall–Kier alpha value is -1.58. The van der Waals surface area contributed by atoms with Gasteiger partial charge in [0.2, 0.25) is 0 Å². The average Bonchev–Trinajstić information content (AvgIpc) is 2.05. The first-order valence-electron chi connectivity index (χ1n) is 3.11. The van der Waals surface area contributed by atoms with Gasteiger partial charge in [-0.15, -0.1) is 0 Å². The molecule has 0 aliphatic heterocycles. The number of amides is 1. The van der Waals surface area contributed by atoms with Gasteiger partial charge >= 0.3 is 0 Å². The molecular formula is C7H8N2O2. The van der Waals surface area contributed by atoms with Gasteiger partial charge in [-0.1, -0.05) is 0 Å². The maximum atomic E-state index is 10.9. The van der Waals surface area contributed by atoms with E-state index >= 15 is 0 Å². The van der Waals surface area contributed by atoms with E-state index in [4.69, 9.17) is 5.11 Å². The summed E-state index contributed by atoms with van der Waals surface area (Å²) >= 11 is 0. The molecule has 0 radical (unpaired) electrons. The summed E-state index contributed by atoms with van der Waals surface area (Å²) in [4.78, 5) is 14.6. The smallest absolute Gasteiger partial charge is 0.269 e. The van der Waals surface area contributed by atoms with Crippen LogP contribution < -0.4 is 5.32 Å². The third kappa shape index (κ3) is 1.67. The average molecular weight is 152 g/mol. The van der Waals surface area contributed by atoms with Gasteiger partial charge in [0.15, 0.2) is 0 Å². The number of carbonyl (C=O) groups is 1. The summed E-state index contributed by atoms with van der Waals surface area (Å²) in [5.74, 6) is -0.206. The van der Waals surface area contributed by atoms with Crippen LogP contribution in [0.3, 0.4) is 0 Å². The van der Waals surface area contributed by atoms with Crippen molar-refractivity contribution in [3.05, 3.63) is 24.0 Å². The number of aromatic nitrogens is 1. The number of pyridine rings is 1. The van der Waals surface area contributed by atoms with Crippen LogP contribution in [0.1, 0.15) is 10.5 Å². The molecule has 0 atom stereocenters. The molecule has 0 aromatic carbocycles. The van der Waals surface area contributed by atoms with Gasteiger partial charge in [-0.3, -0.25) is 4.79 Å². The predicted octanol–water partition coefficient (Wildman–Crippen LogP) is 0.147. The Bertz CT molecular complexity index is 256. The topological polar surface area (TPSA) is 62.2 Å². The van der Waals surface area contributed by atoms with Crippen molar-refractivity contribution >= 4 is 5.91 Å². The van der Waals surface area contributed by atoms with Gasteiger partial charge in [0.1, 0.15) is 11.4 Å². The summed E-state index contributed by atoms with van der Waals surface area (Å²) in [7, 11) is 1.52. The Morgan fingerprint density at radius 2 is 2.36 bits per heavy atom. The summed E-state index contributed by atoms with van der Waals surface area (Å²) in [6.45, 7) is 0. The summed E-state index contributed by atoms with van der Waals surface area (Å²) in [6.07, 6.45) is 1.23. The van der Waals surface area contributed by atoms with Crippen LogP contribution in [0.25, 0.3) is 0 Å². The van der Waals surface area contributed by atoms with Gasteiger partial charge in [-0.05, 0) is 12.1 Å². The van der Waals surface area contributed by atoms with Crippen LogP contribution in [0.5, 0.6) is 5.75 Å². The molecule has 1 amide bonds. The SMILES string of the molecule is CNC(=O)c1ccc(O)cn1. The van der Waals surface area contributed by atoms with Crippen LogP contribution in [0.15, 0.2) is 18.3 Å². The zero-order valence-corrected chi connectivity index (χ0v) is 6.03. The molecule has 1 heterocycles. The lowest BCUT2D eigenvalue weighted by Crippen LogP contribution is -2.18. The highest BCUT2D eigenvalue weighted by molar-refractivity contribution is 5.91. The second kappa shape index (κ2) is 3.01. The zero-order valence-electron chi connectivity index (χ0n) is 6.03. The molecule has 0 saturated carbocycles. The number of aromatic hydroxyl groups is 1. The lowest BCUT2D eigenvalue weighted by molar-refractivity contribution is 0.0958. The van der Waals surface area contributed by atoms with Crippen molar-refractivity contribution in [3.8, 4) is 5.75 Å². The second-order valence-electron chi connectivity index (χ2n) is 1.98. The van der Waals surface area contributed by atoms with Crippen molar-refractivity contribution in [3.63, 3.8) is 0 Å². The minimum Gasteiger partial charge on any atom is -0.506 e.